The topological polar surface area (TPSA) is 0 Å². The Kier molecular flexibility index (Phi) is 7.79. The summed E-state index contributed by atoms with van der Waals surface area (Å²) >= 11 is 0. The predicted octanol–water partition coefficient (Wildman–Crippen LogP) is 10.7. The molecule has 0 aromatic heterocycles. The van der Waals surface area contributed by atoms with Crippen LogP contribution in [-0.4, -0.2) is 0 Å². The number of benzene rings is 2. The third-order valence-electron chi connectivity index (χ3n) is 11.0. The van der Waals surface area contributed by atoms with Gasteiger partial charge in [0, 0.05) is 16.4 Å². The highest BCUT2D eigenvalue weighted by atomic mass is 14.5. The maximum absolute atomic E-state index is 3.67. The van der Waals surface area contributed by atoms with E-state index in [0.717, 1.165) is 12.8 Å². The van der Waals surface area contributed by atoms with E-state index in [1.807, 2.05) is 0 Å². The molecule has 2 saturated carbocycles. The van der Waals surface area contributed by atoms with Crippen LogP contribution < -0.4 is 0 Å². The van der Waals surface area contributed by atoms with Crippen LogP contribution in [0.2, 0.25) is 0 Å². The van der Waals surface area contributed by atoms with Gasteiger partial charge in [0.05, 0.1) is 0 Å². The molecule has 0 radical (unpaired) electrons. The zero-order valence-electron chi connectivity index (χ0n) is 25.4. The zero-order chi connectivity index (χ0) is 27.1. The summed E-state index contributed by atoms with van der Waals surface area (Å²) in [5.74, 6) is 7.93. The van der Waals surface area contributed by atoms with E-state index < -0.39 is 0 Å². The number of hydrogen-bond donors (Lipinski definition) is 0. The largest absolute Gasteiger partial charge is 0.0914 e. The maximum Gasteiger partial charge on any atom is 0.0290 e. The minimum Gasteiger partial charge on any atom is -0.0914 e. The van der Waals surface area contributed by atoms with Crippen molar-refractivity contribution in [1.29, 1.82) is 0 Å². The van der Waals surface area contributed by atoms with Crippen LogP contribution in [0.3, 0.4) is 0 Å². The van der Waals surface area contributed by atoms with Crippen LogP contribution in [-0.2, 0) is 5.41 Å². The van der Waals surface area contributed by atoms with Crippen LogP contribution in [0, 0.1) is 41.9 Å². The van der Waals surface area contributed by atoms with Gasteiger partial charge in [0.2, 0.25) is 0 Å². The molecule has 0 heteroatoms. The molecule has 37 heavy (non-hydrogen) atoms. The van der Waals surface area contributed by atoms with Crippen molar-refractivity contribution in [1.82, 2.24) is 0 Å². The summed E-state index contributed by atoms with van der Waals surface area (Å²) in [6.45, 7) is 21.5. The standard InChI is InChI=1S/C37H52/c1-10-37(11-2,31-16-15-29(27(3)23-31)19-22-36(9)20-13-12-14-21-36)32-17-18-33(28(4)24-32)30-25-34(5,6)35(7,8)26-30/h15-18,23-24,30H,10-14,20-21,25-26H2,1-9H3. The normalized spacial score (nSPS) is 20.9. The molecule has 2 aromatic carbocycles. The molecule has 2 aliphatic carbocycles. The van der Waals surface area contributed by atoms with Crippen molar-refractivity contribution in [3.05, 3.63) is 69.8 Å². The average Bonchev–Trinajstić information content (AvgIpc) is 3.06. The van der Waals surface area contributed by atoms with Crippen molar-refractivity contribution < 1.29 is 0 Å². The Balaban J connectivity index is 1.65. The highest BCUT2D eigenvalue weighted by molar-refractivity contribution is 5.49. The summed E-state index contributed by atoms with van der Waals surface area (Å²) in [6.07, 6.45) is 11.3. The van der Waals surface area contributed by atoms with E-state index in [2.05, 4.69) is 111 Å². The minimum atomic E-state index is 0.0452. The molecule has 0 spiro atoms. The quantitative estimate of drug-likeness (QED) is 0.361. The van der Waals surface area contributed by atoms with Crippen molar-refractivity contribution in [2.45, 2.75) is 131 Å². The van der Waals surface area contributed by atoms with Crippen LogP contribution in [0.5, 0.6) is 0 Å². The van der Waals surface area contributed by atoms with Gasteiger partial charge in [0.1, 0.15) is 0 Å². The molecule has 0 unspecified atom stereocenters. The van der Waals surface area contributed by atoms with E-state index in [-0.39, 0.29) is 10.8 Å². The molecule has 0 atom stereocenters. The first kappa shape index (κ1) is 28.0. The van der Waals surface area contributed by atoms with Crippen LogP contribution >= 0.6 is 0 Å². The van der Waals surface area contributed by atoms with Crippen molar-refractivity contribution in [3.63, 3.8) is 0 Å². The zero-order valence-corrected chi connectivity index (χ0v) is 25.4. The second kappa shape index (κ2) is 10.3. The fourth-order valence-corrected chi connectivity index (χ4v) is 7.52. The first-order valence-electron chi connectivity index (χ1n) is 15.1. The van der Waals surface area contributed by atoms with Crippen LogP contribution in [0.4, 0.5) is 0 Å². The molecular weight excluding hydrogens is 444 g/mol. The SMILES string of the molecule is CCC(CC)(c1ccc(C#CC2(C)CCCCC2)c(C)c1)c1ccc(C2CC(C)(C)C(C)(C)C2)c(C)c1. The molecule has 2 fully saturated rings. The van der Waals surface area contributed by atoms with Crippen molar-refractivity contribution >= 4 is 0 Å². The molecule has 4 rings (SSSR count). The molecule has 0 nitrogen and oxygen atoms in total. The summed E-state index contributed by atoms with van der Waals surface area (Å²) in [5, 5.41) is 0. The summed E-state index contributed by atoms with van der Waals surface area (Å²) in [6, 6.07) is 14.6. The lowest BCUT2D eigenvalue weighted by atomic mass is 9.69. The molecular formula is C37H52. The van der Waals surface area contributed by atoms with Gasteiger partial charge < -0.3 is 0 Å². The smallest absolute Gasteiger partial charge is 0.0290 e. The van der Waals surface area contributed by atoms with Gasteiger partial charge >= 0.3 is 0 Å². The molecule has 0 bridgehead atoms. The van der Waals surface area contributed by atoms with Gasteiger partial charge in [-0.15, -0.1) is 0 Å². The van der Waals surface area contributed by atoms with E-state index in [9.17, 15) is 0 Å². The van der Waals surface area contributed by atoms with Gasteiger partial charge in [0.25, 0.3) is 0 Å². The fraction of sp³-hybridized carbons (Fsp3) is 0.622. The second-order valence-corrected chi connectivity index (χ2v) is 14.1. The Hall–Kier alpha value is -2.00. The van der Waals surface area contributed by atoms with Crippen molar-refractivity contribution in [2.24, 2.45) is 16.2 Å². The maximum atomic E-state index is 3.67. The van der Waals surface area contributed by atoms with Crippen molar-refractivity contribution in [3.8, 4) is 11.8 Å². The van der Waals surface area contributed by atoms with E-state index in [0.29, 0.717) is 16.7 Å². The lowest BCUT2D eigenvalue weighted by molar-refractivity contribution is 0.157. The van der Waals surface area contributed by atoms with Crippen LogP contribution in [0.15, 0.2) is 36.4 Å². The third-order valence-corrected chi connectivity index (χ3v) is 11.0. The average molecular weight is 497 g/mol. The van der Waals surface area contributed by atoms with Crippen molar-refractivity contribution in [2.75, 3.05) is 0 Å². The highest BCUT2D eigenvalue weighted by Gasteiger charge is 2.47. The van der Waals surface area contributed by atoms with Gasteiger partial charge in [-0.3, -0.25) is 0 Å². The Morgan fingerprint density at radius 3 is 1.81 bits per heavy atom. The first-order chi connectivity index (χ1) is 17.4. The Morgan fingerprint density at radius 1 is 0.757 bits per heavy atom. The summed E-state index contributed by atoms with van der Waals surface area (Å²) < 4.78 is 0. The summed E-state index contributed by atoms with van der Waals surface area (Å²) in [4.78, 5) is 0. The van der Waals surface area contributed by atoms with E-state index in [1.54, 1.807) is 5.56 Å². The first-order valence-corrected chi connectivity index (χ1v) is 15.1. The Bertz CT molecular complexity index is 1150. The van der Waals surface area contributed by atoms with E-state index >= 15 is 0 Å². The summed E-state index contributed by atoms with van der Waals surface area (Å²) in [5.41, 5.74) is 9.50. The van der Waals surface area contributed by atoms with Gasteiger partial charge in [-0.25, -0.2) is 0 Å². The number of aryl methyl sites for hydroxylation is 2. The molecule has 0 amide bonds. The Morgan fingerprint density at radius 2 is 1.30 bits per heavy atom. The molecule has 2 aliphatic rings. The number of rotatable bonds is 5. The lowest BCUT2D eigenvalue weighted by Crippen LogP contribution is -2.26. The molecule has 0 aliphatic heterocycles. The van der Waals surface area contributed by atoms with Crippen LogP contribution in [0.1, 0.15) is 146 Å². The summed E-state index contributed by atoms with van der Waals surface area (Å²) in [7, 11) is 0. The minimum absolute atomic E-state index is 0.0452. The highest BCUT2D eigenvalue weighted by Crippen LogP contribution is 2.58. The molecule has 0 N–H and O–H groups in total. The van der Waals surface area contributed by atoms with Gasteiger partial charge in [-0.05, 0) is 110 Å². The number of hydrogen-bond acceptors (Lipinski definition) is 0. The van der Waals surface area contributed by atoms with E-state index in [4.69, 9.17) is 0 Å². The van der Waals surface area contributed by atoms with Gasteiger partial charge in [-0.1, -0.05) is 103 Å². The Labute approximate surface area is 229 Å². The van der Waals surface area contributed by atoms with Gasteiger partial charge in [-0.2, -0.15) is 0 Å². The predicted molar refractivity (Wildman–Crippen MR) is 161 cm³/mol. The third kappa shape index (κ3) is 5.31. The fourth-order valence-electron chi connectivity index (χ4n) is 7.52. The molecule has 200 valence electrons. The van der Waals surface area contributed by atoms with E-state index in [1.165, 1.54) is 72.8 Å². The molecule has 2 aromatic rings. The monoisotopic (exact) mass is 496 g/mol. The second-order valence-electron chi connectivity index (χ2n) is 14.1. The molecule has 0 saturated heterocycles. The molecule has 0 heterocycles. The van der Waals surface area contributed by atoms with Gasteiger partial charge in [0.15, 0.2) is 0 Å². The lowest BCUT2D eigenvalue weighted by Gasteiger charge is -2.34. The van der Waals surface area contributed by atoms with Crippen LogP contribution in [0.25, 0.3) is 0 Å².